The molecule has 3 N–H and O–H groups in total. The molecular formula is C12H24N2O. The van der Waals surface area contributed by atoms with Crippen molar-refractivity contribution in [2.75, 3.05) is 7.11 Å². The number of allylic oxidation sites excluding steroid dienone is 1. The minimum atomic E-state index is -0.0456. The smallest absolute Gasteiger partial charge is 0.0844 e. The van der Waals surface area contributed by atoms with Gasteiger partial charge in [-0.2, -0.15) is 0 Å². The zero-order chi connectivity index (χ0) is 11.1. The number of rotatable bonds is 6. The largest absolute Gasteiger partial charge is 0.377 e. The molecule has 0 heterocycles. The first kappa shape index (κ1) is 12.7. The number of hydrogen-bond acceptors (Lipinski definition) is 3. The molecule has 0 amide bonds. The first-order valence-corrected chi connectivity index (χ1v) is 5.91. The number of nitrogens with one attached hydrogen (secondary N) is 1. The molecule has 0 aromatic carbocycles. The Morgan fingerprint density at radius 3 is 2.60 bits per heavy atom. The maximum Gasteiger partial charge on any atom is 0.0844 e. The van der Waals surface area contributed by atoms with E-state index in [1.807, 2.05) is 13.2 Å². The van der Waals surface area contributed by atoms with Crippen LogP contribution in [0.5, 0.6) is 0 Å². The van der Waals surface area contributed by atoms with Crippen LogP contribution in [0.3, 0.4) is 0 Å². The van der Waals surface area contributed by atoms with Gasteiger partial charge in [0, 0.05) is 7.11 Å². The standard InChI is InChI=1S/C12H24N2O/c1-3-4-8-11(14-13)12(15-2)9-6-5-7-10-12/h3,11,14H,1,4-10,13H2,2H3. The molecule has 0 spiro atoms. The van der Waals surface area contributed by atoms with Crippen LogP contribution in [0.2, 0.25) is 0 Å². The molecule has 1 fully saturated rings. The van der Waals surface area contributed by atoms with Crippen molar-refractivity contribution in [1.82, 2.24) is 5.43 Å². The zero-order valence-electron chi connectivity index (χ0n) is 9.80. The lowest BCUT2D eigenvalue weighted by molar-refractivity contribution is -0.0691. The summed E-state index contributed by atoms with van der Waals surface area (Å²) in [6.45, 7) is 3.75. The first-order valence-electron chi connectivity index (χ1n) is 5.91. The van der Waals surface area contributed by atoms with Gasteiger partial charge in [-0.05, 0) is 25.7 Å². The van der Waals surface area contributed by atoms with Gasteiger partial charge in [0.25, 0.3) is 0 Å². The van der Waals surface area contributed by atoms with Crippen LogP contribution in [0.1, 0.15) is 44.9 Å². The molecule has 1 atom stereocenters. The Hall–Kier alpha value is -0.380. The Morgan fingerprint density at radius 1 is 1.47 bits per heavy atom. The lowest BCUT2D eigenvalue weighted by Crippen LogP contribution is -2.55. The zero-order valence-corrected chi connectivity index (χ0v) is 9.80. The molecule has 1 aliphatic carbocycles. The molecule has 0 radical (unpaired) electrons. The summed E-state index contributed by atoms with van der Waals surface area (Å²) in [6, 6.07) is 0.251. The highest BCUT2D eigenvalue weighted by Gasteiger charge is 2.38. The van der Waals surface area contributed by atoms with Gasteiger partial charge >= 0.3 is 0 Å². The highest BCUT2D eigenvalue weighted by atomic mass is 16.5. The van der Waals surface area contributed by atoms with Gasteiger partial charge < -0.3 is 4.74 Å². The van der Waals surface area contributed by atoms with Crippen molar-refractivity contribution in [2.45, 2.75) is 56.6 Å². The molecule has 1 saturated carbocycles. The average molecular weight is 212 g/mol. The molecule has 1 aliphatic rings. The summed E-state index contributed by atoms with van der Waals surface area (Å²) in [5, 5.41) is 0. The number of nitrogens with two attached hydrogens (primary N) is 1. The van der Waals surface area contributed by atoms with Gasteiger partial charge in [-0.1, -0.05) is 25.3 Å². The Morgan fingerprint density at radius 2 is 2.13 bits per heavy atom. The topological polar surface area (TPSA) is 47.3 Å². The predicted octanol–water partition coefficient (Wildman–Crippen LogP) is 2.13. The van der Waals surface area contributed by atoms with Crippen LogP contribution in [-0.2, 0) is 4.74 Å². The summed E-state index contributed by atoms with van der Waals surface area (Å²) in [4.78, 5) is 0. The summed E-state index contributed by atoms with van der Waals surface area (Å²) in [5.74, 6) is 5.64. The van der Waals surface area contributed by atoms with Crippen molar-refractivity contribution in [3.8, 4) is 0 Å². The number of ether oxygens (including phenoxy) is 1. The lowest BCUT2D eigenvalue weighted by atomic mass is 9.78. The third kappa shape index (κ3) is 3.03. The normalized spacial score (nSPS) is 22.3. The Kier molecular flexibility index (Phi) is 5.29. The van der Waals surface area contributed by atoms with Crippen LogP contribution in [0, 0.1) is 0 Å². The minimum Gasteiger partial charge on any atom is -0.377 e. The monoisotopic (exact) mass is 212 g/mol. The van der Waals surface area contributed by atoms with Gasteiger partial charge in [0.2, 0.25) is 0 Å². The minimum absolute atomic E-state index is 0.0456. The number of hydrazine groups is 1. The molecule has 88 valence electrons. The van der Waals surface area contributed by atoms with Crippen molar-refractivity contribution in [1.29, 1.82) is 0 Å². The van der Waals surface area contributed by atoms with Crippen LogP contribution in [0.15, 0.2) is 12.7 Å². The average Bonchev–Trinajstić information content (AvgIpc) is 2.31. The predicted molar refractivity (Wildman–Crippen MR) is 63.4 cm³/mol. The lowest BCUT2D eigenvalue weighted by Gasteiger charge is -2.42. The van der Waals surface area contributed by atoms with E-state index in [2.05, 4.69) is 12.0 Å². The molecular weight excluding hydrogens is 188 g/mol. The Bertz CT molecular complexity index is 188. The van der Waals surface area contributed by atoms with Gasteiger partial charge in [0.05, 0.1) is 11.6 Å². The summed E-state index contributed by atoms with van der Waals surface area (Å²) < 4.78 is 5.75. The van der Waals surface area contributed by atoms with Crippen molar-refractivity contribution in [2.24, 2.45) is 5.84 Å². The SMILES string of the molecule is C=CCCC(NN)C1(OC)CCCCC1. The molecule has 0 aliphatic heterocycles. The summed E-state index contributed by atoms with van der Waals surface area (Å²) in [6.07, 6.45) is 10.00. The van der Waals surface area contributed by atoms with Gasteiger partial charge in [-0.3, -0.25) is 11.3 Å². The van der Waals surface area contributed by atoms with Crippen molar-refractivity contribution in [3.05, 3.63) is 12.7 Å². The molecule has 1 unspecified atom stereocenters. The number of methoxy groups -OCH3 is 1. The van der Waals surface area contributed by atoms with E-state index in [1.54, 1.807) is 0 Å². The second-order valence-electron chi connectivity index (χ2n) is 4.41. The van der Waals surface area contributed by atoms with Gasteiger partial charge in [0.15, 0.2) is 0 Å². The summed E-state index contributed by atoms with van der Waals surface area (Å²) in [7, 11) is 1.81. The molecule has 3 nitrogen and oxygen atoms in total. The van der Waals surface area contributed by atoms with E-state index in [4.69, 9.17) is 10.6 Å². The quantitative estimate of drug-likeness (QED) is 0.403. The highest BCUT2D eigenvalue weighted by Crippen LogP contribution is 2.35. The van der Waals surface area contributed by atoms with Crippen LogP contribution >= 0.6 is 0 Å². The van der Waals surface area contributed by atoms with Gasteiger partial charge in [-0.25, -0.2) is 0 Å². The molecule has 0 bridgehead atoms. The Labute approximate surface area is 93.0 Å². The molecule has 1 rings (SSSR count). The molecule has 0 saturated heterocycles. The Balaban J connectivity index is 2.62. The maximum atomic E-state index is 5.75. The first-order chi connectivity index (χ1) is 7.29. The molecule has 0 aromatic heterocycles. The third-order valence-electron chi connectivity index (χ3n) is 3.60. The van der Waals surface area contributed by atoms with E-state index >= 15 is 0 Å². The second kappa shape index (κ2) is 6.26. The fraction of sp³-hybridized carbons (Fsp3) is 0.833. The van der Waals surface area contributed by atoms with Crippen molar-refractivity contribution in [3.63, 3.8) is 0 Å². The molecule has 0 aromatic rings. The number of hydrogen-bond donors (Lipinski definition) is 2. The van der Waals surface area contributed by atoms with Crippen LogP contribution in [-0.4, -0.2) is 18.8 Å². The third-order valence-corrected chi connectivity index (χ3v) is 3.60. The van der Waals surface area contributed by atoms with E-state index in [1.165, 1.54) is 19.3 Å². The molecule has 15 heavy (non-hydrogen) atoms. The van der Waals surface area contributed by atoms with Crippen LogP contribution in [0.4, 0.5) is 0 Å². The van der Waals surface area contributed by atoms with E-state index in [0.717, 1.165) is 25.7 Å². The van der Waals surface area contributed by atoms with Crippen LogP contribution < -0.4 is 11.3 Å². The van der Waals surface area contributed by atoms with Crippen LogP contribution in [0.25, 0.3) is 0 Å². The fourth-order valence-electron chi connectivity index (χ4n) is 2.63. The van der Waals surface area contributed by atoms with E-state index in [9.17, 15) is 0 Å². The highest BCUT2D eigenvalue weighted by molar-refractivity contribution is 4.95. The van der Waals surface area contributed by atoms with Gasteiger partial charge in [0.1, 0.15) is 0 Å². The van der Waals surface area contributed by atoms with Gasteiger partial charge in [-0.15, -0.1) is 6.58 Å². The summed E-state index contributed by atoms with van der Waals surface area (Å²) in [5.41, 5.74) is 2.88. The van der Waals surface area contributed by atoms with E-state index in [-0.39, 0.29) is 11.6 Å². The summed E-state index contributed by atoms with van der Waals surface area (Å²) >= 11 is 0. The molecule has 3 heteroatoms. The maximum absolute atomic E-state index is 5.75. The van der Waals surface area contributed by atoms with Crippen molar-refractivity contribution >= 4 is 0 Å². The van der Waals surface area contributed by atoms with Crippen molar-refractivity contribution < 1.29 is 4.74 Å². The second-order valence-corrected chi connectivity index (χ2v) is 4.41. The fourth-order valence-corrected chi connectivity index (χ4v) is 2.63. The van der Waals surface area contributed by atoms with E-state index in [0.29, 0.717) is 0 Å². The van der Waals surface area contributed by atoms with E-state index < -0.39 is 0 Å².